The first kappa shape index (κ1) is 13.0. The van der Waals surface area contributed by atoms with E-state index in [0.29, 0.717) is 4.90 Å². The molecule has 2 atom stereocenters. The summed E-state index contributed by atoms with van der Waals surface area (Å²) in [6, 6.07) is -1.76. The summed E-state index contributed by atoms with van der Waals surface area (Å²) in [5.74, 6) is -0.646. The first-order valence-corrected chi connectivity index (χ1v) is 4.86. The van der Waals surface area contributed by atoms with E-state index in [0.717, 1.165) is 6.08 Å². The molecule has 1 rings (SSSR count). The highest BCUT2D eigenvalue weighted by Gasteiger charge is 2.45. The molecule has 3 N–H and O–H groups in total. The molecule has 0 aromatic rings. The third kappa shape index (κ3) is 2.19. The van der Waals surface area contributed by atoms with Crippen molar-refractivity contribution in [1.82, 2.24) is 10.2 Å². The van der Waals surface area contributed by atoms with Crippen LogP contribution in [-0.4, -0.2) is 42.7 Å². The van der Waals surface area contributed by atoms with E-state index in [1.165, 1.54) is 14.0 Å². The summed E-state index contributed by atoms with van der Waals surface area (Å²) in [6.07, 6.45) is -3.67. The minimum Gasteiger partial charge on any atom is -0.323 e. The summed E-state index contributed by atoms with van der Waals surface area (Å²) in [4.78, 5) is 12.4. The predicted molar refractivity (Wildman–Crippen MR) is 52.3 cm³/mol. The van der Waals surface area contributed by atoms with Gasteiger partial charge in [-0.3, -0.25) is 4.79 Å². The summed E-state index contributed by atoms with van der Waals surface area (Å²) < 4.78 is 37.9. The summed E-state index contributed by atoms with van der Waals surface area (Å²) in [5.41, 5.74) is 4.52. The fourth-order valence-electron chi connectivity index (χ4n) is 1.71. The Morgan fingerprint density at radius 1 is 1.56 bits per heavy atom. The SMILES string of the molecule is CCN1C(=O)C(NC)C(N)C=C1C(F)(F)F. The van der Waals surface area contributed by atoms with Gasteiger partial charge >= 0.3 is 6.18 Å². The molecule has 2 unspecified atom stereocenters. The van der Waals surface area contributed by atoms with Crippen LogP contribution in [0.2, 0.25) is 0 Å². The Morgan fingerprint density at radius 3 is 2.50 bits per heavy atom. The number of hydrogen-bond acceptors (Lipinski definition) is 3. The number of carbonyl (C=O) groups excluding carboxylic acids is 1. The predicted octanol–water partition coefficient (Wildman–Crippen LogP) is 0.210. The molecule has 0 saturated carbocycles. The Labute approximate surface area is 91.3 Å². The van der Waals surface area contributed by atoms with Gasteiger partial charge in [0.05, 0.1) is 0 Å². The van der Waals surface area contributed by atoms with Crippen molar-refractivity contribution in [2.45, 2.75) is 25.2 Å². The van der Waals surface area contributed by atoms with Crippen LogP contribution in [0.1, 0.15) is 6.92 Å². The molecular formula is C9H14F3N3O. The molecule has 92 valence electrons. The summed E-state index contributed by atoms with van der Waals surface area (Å²) in [6.45, 7) is 1.45. The third-order valence-electron chi connectivity index (χ3n) is 2.48. The second-order valence-electron chi connectivity index (χ2n) is 3.48. The molecule has 1 aliphatic heterocycles. The molecule has 7 heteroatoms. The Morgan fingerprint density at radius 2 is 2.12 bits per heavy atom. The van der Waals surface area contributed by atoms with Gasteiger partial charge in [-0.1, -0.05) is 0 Å². The normalized spacial score (nSPS) is 27.0. The molecule has 1 amide bonds. The van der Waals surface area contributed by atoms with E-state index in [4.69, 9.17) is 5.73 Å². The van der Waals surface area contributed by atoms with Gasteiger partial charge in [0, 0.05) is 12.6 Å². The zero-order valence-electron chi connectivity index (χ0n) is 9.01. The lowest BCUT2D eigenvalue weighted by molar-refractivity contribution is -0.146. The van der Waals surface area contributed by atoms with Crippen LogP contribution in [0.5, 0.6) is 0 Å². The number of likely N-dealkylation sites (N-methyl/N-ethyl adjacent to an activating group) is 2. The van der Waals surface area contributed by atoms with Crippen LogP contribution in [0, 0.1) is 0 Å². The summed E-state index contributed by atoms with van der Waals surface area (Å²) in [7, 11) is 1.49. The Kier molecular flexibility index (Phi) is 3.59. The van der Waals surface area contributed by atoms with Crippen molar-refractivity contribution in [1.29, 1.82) is 0 Å². The summed E-state index contributed by atoms with van der Waals surface area (Å²) >= 11 is 0. The number of hydrogen-bond donors (Lipinski definition) is 2. The van der Waals surface area contributed by atoms with E-state index in [1.807, 2.05) is 0 Å². The molecule has 0 aromatic heterocycles. The number of nitrogens with two attached hydrogens (primary N) is 1. The molecule has 0 bridgehead atoms. The second-order valence-corrected chi connectivity index (χ2v) is 3.48. The van der Waals surface area contributed by atoms with Crippen molar-refractivity contribution in [3.05, 3.63) is 11.8 Å². The maximum Gasteiger partial charge on any atom is 0.431 e. The van der Waals surface area contributed by atoms with Crippen LogP contribution in [0.4, 0.5) is 13.2 Å². The number of alkyl halides is 3. The smallest absolute Gasteiger partial charge is 0.323 e. The molecular weight excluding hydrogens is 223 g/mol. The number of carbonyl (C=O) groups is 1. The molecule has 0 radical (unpaired) electrons. The van der Waals surface area contributed by atoms with Crippen molar-refractivity contribution < 1.29 is 18.0 Å². The number of rotatable bonds is 2. The molecule has 0 aliphatic carbocycles. The fraction of sp³-hybridized carbons (Fsp3) is 0.667. The minimum atomic E-state index is -4.55. The minimum absolute atomic E-state index is 0.0327. The molecule has 0 fully saturated rings. The third-order valence-corrected chi connectivity index (χ3v) is 2.48. The second kappa shape index (κ2) is 4.42. The lowest BCUT2D eigenvalue weighted by Crippen LogP contribution is -2.58. The van der Waals surface area contributed by atoms with Gasteiger partial charge in [0.2, 0.25) is 5.91 Å². The zero-order valence-corrected chi connectivity index (χ0v) is 9.01. The Balaban J connectivity index is 3.13. The molecule has 1 aliphatic rings. The van der Waals surface area contributed by atoms with Crippen molar-refractivity contribution in [3.63, 3.8) is 0 Å². The maximum absolute atomic E-state index is 12.6. The van der Waals surface area contributed by atoms with E-state index < -0.39 is 29.9 Å². The maximum atomic E-state index is 12.6. The van der Waals surface area contributed by atoms with E-state index in [1.54, 1.807) is 0 Å². The van der Waals surface area contributed by atoms with Crippen LogP contribution in [0.3, 0.4) is 0 Å². The molecule has 1 heterocycles. The van der Waals surface area contributed by atoms with Gasteiger partial charge in [-0.05, 0) is 20.0 Å². The lowest BCUT2D eigenvalue weighted by Gasteiger charge is -2.35. The molecule has 0 saturated heterocycles. The summed E-state index contributed by atoms with van der Waals surface area (Å²) in [5, 5.41) is 2.61. The highest BCUT2D eigenvalue weighted by Crippen LogP contribution is 2.31. The fourth-order valence-corrected chi connectivity index (χ4v) is 1.71. The number of amides is 1. The monoisotopic (exact) mass is 237 g/mol. The van der Waals surface area contributed by atoms with Crippen molar-refractivity contribution >= 4 is 5.91 Å². The van der Waals surface area contributed by atoms with Crippen LogP contribution in [0.25, 0.3) is 0 Å². The van der Waals surface area contributed by atoms with Crippen molar-refractivity contribution in [2.75, 3.05) is 13.6 Å². The van der Waals surface area contributed by atoms with Crippen LogP contribution in [-0.2, 0) is 4.79 Å². The van der Waals surface area contributed by atoms with Crippen LogP contribution in [0.15, 0.2) is 11.8 Å². The molecule has 4 nitrogen and oxygen atoms in total. The highest BCUT2D eigenvalue weighted by molar-refractivity contribution is 5.86. The lowest BCUT2D eigenvalue weighted by atomic mass is 10.0. The Hall–Kier alpha value is -1.08. The van der Waals surface area contributed by atoms with Crippen LogP contribution < -0.4 is 11.1 Å². The van der Waals surface area contributed by atoms with Gasteiger partial charge in [0.15, 0.2) is 0 Å². The van der Waals surface area contributed by atoms with Gasteiger partial charge in [-0.25, -0.2) is 0 Å². The largest absolute Gasteiger partial charge is 0.431 e. The average molecular weight is 237 g/mol. The topological polar surface area (TPSA) is 58.4 Å². The van der Waals surface area contributed by atoms with E-state index in [2.05, 4.69) is 5.32 Å². The quantitative estimate of drug-likeness (QED) is 0.721. The van der Waals surface area contributed by atoms with E-state index in [9.17, 15) is 18.0 Å². The van der Waals surface area contributed by atoms with Gasteiger partial charge in [-0.15, -0.1) is 0 Å². The van der Waals surface area contributed by atoms with Crippen molar-refractivity contribution in [2.24, 2.45) is 5.73 Å². The number of halogens is 3. The highest BCUT2D eigenvalue weighted by atomic mass is 19.4. The first-order valence-electron chi connectivity index (χ1n) is 4.86. The Bertz CT molecular complexity index is 314. The van der Waals surface area contributed by atoms with Gasteiger partial charge in [0.25, 0.3) is 0 Å². The molecule has 16 heavy (non-hydrogen) atoms. The van der Waals surface area contributed by atoms with Gasteiger partial charge < -0.3 is 16.0 Å². The standard InChI is InChI=1S/C9H14F3N3O/c1-3-15-6(9(10,11)12)4-5(13)7(14-2)8(15)16/h4-5,7,14H,3,13H2,1-2H3. The number of nitrogens with one attached hydrogen (secondary N) is 1. The number of nitrogens with zero attached hydrogens (tertiary/aromatic N) is 1. The van der Waals surface area contributed by atoms with Gasteiger partial charge in [-0.2, -0.15) is 13.2 Å². The average Bonchev–Trinajstić information content (AvgIpc) is 2.16. The van der Waals surface area contributed by atoms with E-state index in [-0.39, 0.29) is 6.54 Å². The van der Waals surface area contributed by atoms with E-state index >= 15 is 0 Å². The molecule has 0 aromatic carbocycles. The van der Waals surface area contributed by atoms with Crippen LogP contribution >= 0.6 is 0 Å². The number of allylic oxidation sites excluding steroid dienone is 1. The first-order chi connectivity index (χ1) is 7.32. The van der Waals surface area contributed by atoms with Gasteiger partial charge in [0.1, 0.15) is 11.7 Å². The van der Waals surface area contributed by atoms with Crippen molar-refractivity contribution in [3.8, 4) is 0 Å². The zero-order chi connectivity index (χ0) is 12.5. The molecule has 0 spiro atoms.